The molecule has 102 valence electrons. The number of aliphatic imine (C=N–C) groups is 2. The van der Waals surface area contributed by atoms with Crippen LogP contribution in [0.15, 0.2) is 34.3 Å². The van der Waals surface area contributed by atoms with E-state index in [2.05, 4.69) is 10.3 Å². The molecule has 3 rings (SSSR count). The summed E-state index contributed by atoms with van der Waals surface area (Å²) >= 11 is 5.89. The van der Waals surface area contributed by atoms with Crippen LogP contribution in [0.5, 0.6) is 0 Å². The van der Waals surface area contributed by atoms with E-state index in [4.69, 9.17) is 16.6 Å². The Bertz CT molecular complexity index is 485. The van der Waals surface area contributed by atoms with Crippen molar-refractivity contribution in [1.29, 1.82) is 0 Å². The van der Waals surface area contributed by atoms with E-state index in [9.17, 15) is 0 Å². The highest BCUT2D eigenvalue weighted by atomic mass is 35.5. The molecule has 4 heteroatoms. The number of nitrogens with zero attached hydrogens (tertiary/aromatic N) is 2. The topological polar surface area (TPSA) is 36.8 Å². The minimum absolute atomic E-state index is 0. The molecule has 2 aliphatic heterocycles. The smallest absolute Gasteiger partial charge is 0.154 e. The number of hydrogen-bond acceptors (Lipinski definition) is 3. The van der Waals surface area contributed by atoms with Gasteiger partial charge in [0.15, 0.2) is 5.84 Å². The number of rotatable bonds is 2. The van der Waals surface area contributed by atoms with E-state index in [0.29, 0.717) is 5.92 Å². The van der Waals surface area contributed by atoms with Gasteiger partial charge in [-0.1, -0.05) is 19.0 Å². The quantitative estimate of drug-likeness (QED) is 0.886. The molecule has 1 aromatic rings. The minimum atomic E-state index is 0. The van der Waals surface area contributed by atoms with Crippen LogP contribution < -0.4 is 5.32 Å². The molecule has 0 amide bonds. The molecule has 0 spiro atoms. The van der Waals surface area contributed by atoms with Gasteiger partial charge in [0.05, 0.1) is 6.54 Å². The van der Waals surface area contributed by atoms with E-state index in [1.807, 2.05) is 24.3 Å². The molecular weight excluding hydrogens is 258 g/mol. The van der Waals surface area contributed by atoms with E-state index in [1.54, 1.807) is 0 Å². The first kappa shape index (κ1) is 14.2. The van der Waals surface area contributed by atoms with Gasteiger partial charge in [-0.05, 0) is 50.2 Å². The lowest BCUT2D eigenvalue weighted by Gasteiger charge is -2.22. The molecule has 0 saturated carbocycles. The average Bonchev–Trinajstić information content (AvgIpc) is 2.90. The fourth-order valence-electron chi connectivity index (χ4n) is 2.49. The van der Waals surface area contributed by atoms with Crippen LogP contribution in [0.25, 0.3) is 0 Å². The second-order valence-corrected chi connectivity index (χ2v) is 5.21. The predicted octanol–water partition coefficient (Wildman–Crippen LogP) is 3.18. The summed E-state index contributed by atoms with van der Waals surface area (Å²) in [5.74, 6) is 1.47. The summed E-state index contributed by atoms with van der Waals surface area (Å²) in [4.78, 5) is 9.25. The first-order valence-corrected chi connectivity index (χ1v) is 6.79. The summed E-state index contributed by atoms with van der Waals surface area (Å²) in [6, 6.07) is 7.74. The third kappa shape index (κ3) is 3.23. The van der Waals surface area contributed by atoms with Gasteiger partial charge < -0.3 is 5.32 Å². The first-order valence-electron chi connectivity index (χ1n) is 6.41. The largest absolute Gasteiger partial charge is 0.317 e. The van der Waals surface area contributed by atoms with Crippen molar-refractivity contribution in [2.24, 2.45) is 15.9 Å². The Hall–Kier alpha value is -1.19. The van der Waals surface area contributed by atoms with Crippen LogP contribution in [0.3, 0.4) is 0 Å². The molecule has 0 bridgehead atoms. The highest BCUT2D eigenvalue weighted by Gasteiger charge is 2.22. The van der Waals surface area contributed by atoms with E-state index >= 15 is 0 Å². The van der Waals surface area contributed by atoms with Crippen LogP contribution in [0, 0.1) is 5.92 Å². The Morgan fingerprint density at radius 3 is 2.47 bits per heavy atom. The zero-order valence-corrected chi connectivity index (χ0v) is 11.0. The Morgan fingerprint density at radius 2 is 1.79 bits per heavy atom. The lowest BCUT2D eigenvalue weighted by atomic mass is 9.93. The third-order valence-corrected chi connectivity index (χ3v) is 3.81. The van der Waals surface area contributed by atoms with Crippen LogP contribution in [0.1, 0.15) is 25.8 Å². The monoisotopic (exact) mass is 277 g/mol. The molecule has 1 aromatic carbocycles. The Balaban J connectivity index is 0.00000133. The van der Waals surface area contributed by atoms with E-state index in [-0.39, 0.29) is 7.43 Å². The molecule has 2 heterocycles. The number of hydrogen-bond donors (Lipinski definition) is 1. The van der Waals surface area contributed by atoms with Crippen molar-refractivity contribution in [2.75, 3.05) is 19.6 Å². The summed E-state index contributed by atoms with van der Waals surface area (Å²) in [5, 5.41) is 4.13. The highest BCUT2D eigenvalue weighted by molar-refractivity contribution is 6.30. The van der Waals surface area contributed by atoms with Gasteiger partial charge in [-0.25, -0.2) is 4.99 Å². The number of amidine groups is 1. The van der Waals surface area contributed by atoms with Gasteiger partial charge in [-0.3, -0.25) is 4.99 Å². The number of piperidine rings is 1. The Labute approximate surface area is 119 Å². The molecule has 0 atom stereocenters. The summed E-state index contributed by atoms with van der Waals surface area (Å²) in [6.45, 7) is 2.96. The maximum absolute atomic E-state index is 5.89. The van der Waals surface area contributed by atoms with Crippen LogP contribution in [-0.4, -0.2) is 31.2 Å². The predicted molar refractivity (Wildman–Crippen MR) is 82.6 cm³/mol. The first-order chi connectivity index (χ1) is 8.83. The van der Waals surface area contributed by atoms with Gasteiger partial charge in [-0.2, -0.15) is 0 Å². The van der Waals surface area contributed by atoms with Crippen molar-refractivity contribution in [1.82, 2.24) is 5.32 Å². The number of benzene rings is 1. The van der Waals surface area contributed by atoms with Crippen molar-refractivity contribution < 1.29 is 0 Å². The zero-order chi connectivity index (χ0) is 12.4. The fraction of sp³-hybridized carbons (Fsp3) is 0.467. The maximum atomic E-state index is 5.89. The normalized spacial score (nSPS) is 19.6. The molecule has 1 fully saturated rings. The molecule has 0 aromatic heterocycles. The van der Waals surface area contributed by atoms with Gasteiger partial charge in [-0.15, -0.1) is 0 Å². The summed E-state index contributed by atoms with van der Waals surface area (Å²) in [6.07, 6.45) is 2.37. The maximum Gasteiger partial charge on any atom is 0.154 e. The van der Waals surface area contributed by atoms with Gasteiger partial charge in [0.1, 0.15) is 0 Å². The summed E-state index contributed by atoms with van der Waals surface area (Å²) < 4.78 is 0. The van der Waals surface area contributed by atoms with E-state index in [0.717, 1.165) is 36.1 Å². The van der Waals surface area contributed by atoms with Crippen molar-refractivity contribution >= 4 is 23.1 Å². The molecule has 1 N–H and O–H groups in total. The van der Waals surface area contributed by atoms with Crippen LogP contribution in [0.4, 0.5) is 0 Å². The van der Waals surface area contributed by atoms with Crippen LogP contribution >= 0.6 is 11.6 Å². The second-order valence-electron chi connectivity index (χ2n) is 4.77. The Kier molecular flexibility index (Phi) is 4.72. The van der Waals surface area contributed by atoms with E-state index in [1.165, 1.54) is 18.6 Å². The van der Waals surface area contributed by atoms with Gasteiger partial charge in [0.2, 0.25) is 0 Å². The molecule has 0 unspecified atom stereocenters. The van der Waals surface area contributed by atoms with Crippen LogP contribution in [-0.2, 0) is 0 Å². The van der Waals surface area contributed by atoms with Crippen molar-refractivity contribution in [3.05, 3.63) is 34.9 Å². The second kappa shape index (κ2) is 6.31. The minimum Gasteiger partial charge on any atom is -0.317 e. The summed E-state index contributed by atoms with van der Waals surface area (Å²) in [5.41, 5.74) is 2.31. The van der Waals surface area contributed by atoms with Crippen molar-refractivity contribution in [3.8, 4) is 0 Å². The summed E-state index contributed by atoms with van der Waals surface area (Å²) in [7, 11) is 0. The molecule has 3 nitrogen and oxygen atoms in total. The molecule has 0 aliphatic carbocycles. The third-order valence-electron chi connectivity index (χ3n) is 3.55. The molecule has 19 heavy (non-hydrogen) atoms. The van der Waals surface area contributed by atoms with Crippen LogP contribution in [0.2, 0.25) is 5.02 Å². The van der Waals surface area contributed by atoms with Gasteiger partial charge >= 0.3 is 0 Å². The number of nitrogens with one attached hydrogen (secondary N) is 1. The molecular formula is C15H20ClN3. The lowest BCUT2D eigenvalue weighted by Crippen LogP contribution is -2.32. The van der Waals surface area contributed by atoms with Crippen molar-refractivity contribution in [2.45, 2.75) is 20.3 Å². The van der Waals surface area contributed by atoms with E-state index < -0.39 is 0 Å². The Morgan fingerprint density at radius 1 is 1.11 bits per heavy atom. The SMILES string of the molecule is C.Clc1ccc(C2=NCC(C3CCNCC3)=N2)cc1. The molecule has 2 aliphatic rings. The number of halogens is 1. The molecule has 1 saturated heterocycles. The van der Waals surface area contributed by atoms with Gasteiger partial charge in [0.25, 0.3) is 0 Å². The fourth-order valence-corrected chi connectivity index (χ4v) is 2.62. The zero-order valence-electron chi connectivity index (χ0n) is 10.2. The standard InChI is InChI=1S/C14H16ClN3.CH4/c15-12-3-1-11(2-4-12)14-17-9-13(18-14)10-5-7-16-8-6-10;/h1-4,10,16H,5-9H2;1H4. The van der Waals surface area contributed by atoms with Crippen molar-refractivity contribution in [3.63, 3.8) is 0 Å². The lowest BCUT2D eigenvalue weighted by molar-refractivity contribution is 0.455. The molecule has 0 radical (unpaired) electrons. The highest BCUT2D eigenvalue weighted by Crippen LogP contribution is 2.19. The van der Waals surface area contributed by atoms with Gasteiger partial charge in [0, 0.05) is 22.2 Å². The average molecular weight is 278 g/mol.